The molecule has 0 saturated carbocycles. The van der Waals surface area contributed by atoms with E-state index in [1.54, 1.807) is 0 Å². The van der Waals surface area contributed by atoms with Gasteiger partial charge in [0, 0.05) is 17.8 Å². The number of rotatable bonds is 4. The Bertz CT molecular complexity index is 497. The number of anilines is 1. The summed E-state index contributed by atoms with van der Waals surface area (Å²) < 4.78 is 0. The van der Waals surface area contributed by atoms with Gasteiger partial charge in [-0.3, -0.25) is 4.98 Å². The second-order valence-corrected chi connectivity index (χ2v) is 4.22. The molecular formula is C14H15ClN2. The number of benzene rings is 1. The summed E-state index contributed by atoms with van der Waals surface area (Å²) in [6.45, 7) is 2.80. The lowest BCUT2D eigenvalue weighted by Gasteiger charge is -2.08. The molecule has 0 amide bonds. The van der Waals surface area contributed by atoms with E-state index in [4.69, 9.17) is 11.6 Å². The summed E-state index contributed by atoms with van der Waals surface area (Å²) in [6, 6.07) is 12.1. The van der Waals surface area contributed by atoms with E-state index in [1.807, 2.05) is 30.5 Å². The molecule has 2 rings (SSSR count). The second kappa shape index (κ2) is 5.69. The highest BCUT2D eigenvalue weighted by molar-refractivity contribution is 6.17. The molecule has 0 fully saturated rings. The SMILES string of the molecule is Cc1cccnc1CNc1cccc(CCl)c1. The molecule has 1 aromatic carbocycles. The zero-order chi connectivity index (χ0) is 12.1. The summed E-state index contributed by atoms with van der Waals surface area (Å²) in [5.41, 5.74) is 4.47. The Balaban J connectivity index is 2.05. The molecule has 0 aliphatic rings. The number of aromatic nitrogens is 1. The van der Waals surface area contributed by atoms with Gasteiger partial charge in [0.05, 0.1) is 12.2 Å². The van der Waals surface area contributed by atoms with Crippen molar-refractivity contribution in [1.29, 1.82) is 0 Å². The molecule has 0 unspecified atom stereocenters. The third-order valence-corrected chi connectivity index (χ3v) is 2.97. The van der Waals surface area contributed by atoms with Crippen LogP contribution in [0, 0.1) is 6.92 Å². The Kier molecular flexibility index (Phi) is 3.99. The van der Waals surface area contributed by atoms with E-state index in [9.17, 15) is 0 Å². The van der Waals surface area contributed by atoms with Crippen molar-refractivity contribution in [2.24, 2.45) is 0 Å². The third-order valence-electron chi connectivity index (χ3n) is 2.66. The predicted octanol–water partition coefficient (Wildman–Crippen LogP) is 3.74. The van der Waals surface area contributed by atoms with Crippen LogP contribution in [0.4, 0.5) is 5.69 Å². The molecular weight excluding hydrogens is 232 g/mol. The van der Waals surface area contributed by atoms with Crippen molar-refractivity contribution in [1.82, 2.24) is 4.98 Å². The Morgan fingerprint density at radius 3 is 2.88 bits per heavy atom. The average Bonchev–Trinajstić information content (AvgIpc) is 2.38. The summed E-state index contributed by atoms with van der Waals surface area (Å²) in [5, 5.41) is 3.36. The number of aryl methyl sites for hydroxylation is 1. The largest absolute Gasteiger partial charge is 0.379 e. The van der Waals surface area contributed by atoms with Crippen molar-refractivity contribution in [3.8, 4) is 0 Å². The predicted molar refractivity (Wildman–Crippen MR) is 72.3 cm³/mol. The number of pyridine rings is 1. The Morgan fingerprint density at radius 1 is 1.24 bits per heavy atom. The lowest BCUT2D eigenvalue weighted by Crippen LogP contribution is -2.03. The van der Waals surface area contributed by atoms with Crippen LogP contribution < -0.4 is 5.32 Å². The van der Waals surface area contributed by atoms with Gasteiger partial charge in [0.15, 0.2) is 0 Å². The Morgan fingerprint density at radius 2 is 2.12 bits per heavy atom. The third kappa shape index (κ3) is 3.21. The fraction of sp³-hybridized carbons (Fsp3) is 0.214. The number of halogens is 1. The number of alkyl halides is 1. The van der Waals surface area contributed by atoms with Crippen molar-refractivity contribution in [3.05, 3.63) is 59.4 Å². The van der Waals surface area contributed by atoms with Gasteiger partial charge in [0.25, 0.3) is 0 Å². The van der Waals surface area contributed by atoms with Gasteiger partial charge >= 0.3 is 0 Å². The van der Waals surface area contributed by atoms with E-state index in [0.29, 0.717) is 5.88 Å². The summed E-state index contributed by atoms with van der Waals surface area (Å²) in [6.07, 6.45) is 1.82. The van der Waals surface area contributed by atoms with Crippen LogP contribution in [-0.4, -0.2) is 4.98 Å². The number of nitrogens with zero attached hydrogens (tertiary/aromatic N) is 1. The Labute approximate surface area is 107 Å². The highest BCUT2D eigenvalue weighted by atomic mass is 35.5. The smallest absolute Gasteiger partial charge is 0.0623 e. The van der Waals surface area contributed by atoms with Gasteiger partial charge in [0.2, 0.25) is 0 Å². The topological polar surface area (TPSA) is 24.9 Å². The molecule has 1 N–H and O–H groups in total. The minimum absolute atomic E-state index is 0.540. The molecule has 0 radical (unpaired) electrons. The van der Waals surface area contributed by atoms with E-state index >= 15 is 0 Å². The van der Waals surface area contributed by atoms with E-state index in [2.05, 4.69) is 29.4 Å². The van der Waals surface area contributed by atoms with Crippen LogP contribution >= 0.6 is 11.6 Å². The average molecular weight is 247 g/mol. The van der Waals surface area contributed by atoms with Gasteiger partial charge in [-0.25, -0.2) is 0 Å². The molecule has 3 heteroatoms. The lowest BCUT2D eigenvalue weighted by atomic mass is 10.2. The van der Waals surface area contributed by atoms with Crippen molar-refractivity contribution < 1.29 is 0 Å². The quantitative estimate of drug-likeness (QED) is 0.832. The second-order valence-electron chi connectivity index (χ2n) is 3.95. The van der Waals surface area contributed by atoms with Gasteiger partial charge in [-0.2, -0.15) is 0 Å². The molecule has 2 aromatic rings. The van der Waals surface area contributed by atoms with E-state index in [1.165, 1.54) is 5.56 Å². The number of nitrogens with one attached hydrogen (secondary N) is 1. The molecule has 0 bridgehead atoms. The summed E-state index contributed by atoms with van der Waals surface area (Å²) in [4.78, 5) is 4.35. The number of hydrogen-bond donors (Lipinski definition) is 1. The van der Waals surface area contributed by atoms with Gasteiger partial charge in [0.1, 0.15) is 0 Å². The first-order chi connectivity index (χ1) is 8.29. The maximum absolute atomic E-state index is 5.80. The summed E-state index contributed by atoms with van der Waals surface area (Å²) in [7, 11) is 0. The first-order valence-corrected chi connectivity index (χ1v) is 6.12. The summed E-state index contributed by atoms with van der Waals surface area (Å²) in [5.74, 6) is 0.540. The Hall–Kier alpha value is -1.54. The molecule has 0 atom stereocenters. The molecule has 1 heterocycles. The zero-order valence-electron chi connectivity index (χ0n) is 9.78. The van der Waals surface area contributed by atoms with E-state index in [-0.39, 0.29) is 0 Å². The standard InChI is InChI=1S/C14H15ClN2/c1-11-4-3-7-16-14(11)10-17-13-6-2-5-12(8-13)9-15/h2-8,17H,9-10H2,1H3. The van der Waals surface area contributed by atoms with Crippen LogP contribution in [0.25, 0.3) is 0 Å². The monoisotopic (exact) mass is 246 g/mol. The van der Waals surface area contributed by atoms with Crippen LogP contribution in [0.2, 0.25) is 0 Å². The van der Waals surface area contributed by atoms with Crippen LogP contribution in [0.5, 0.6) is 0 Å². The van der Waals surface area contributed by atoms with Gasteiger partial charge in [-0.15, -0.1) is 11.6 Å². The van der Waals surface area contributed by atoms with E-state index in [0.717, 1.165) is 23.5 Å². The number of hydrogen-bond acceptors (Lipinski definition) is 2. The highest BCUT2D eigenvalue weighted by Gasteiger charge is 1.99. The minimum Gasteiger partial charge on any atom is -0.379 e. The van der Waals surface area contributed by atoms with Gasteiger partial charge in [-0.1, -0.05) is 18.2 Å². The molecule has 88 valence electrons. The summed E-state index contributed by atoms with van der Waals surface area (Å²) >= 11 is 5.80. The lowest BCUT2D eigenvalue weighted by molar-refractivity contribution is 1.02. The van der Waals surface area contributed by atoms with E-state index < -0.39 is 0 Å². The van der Waals surface area contributed by atoms with Gasteiger partial charge in [-0.05, 0) is 36.2 Å². The highest BCUT2D eigenvalue weighted by Crippen LogP contribution is 2.14. The molecule has 0 saturated heterocycles. The zero-order valence-corrected chi connectivity index (χ0v) is 10.5. The van der Waals surface area contributed by atoms with Crippen molar-refractivity contribution >= 4 is 17.3 Å². The van der Waals surface area contributed by atoms with Crippen LogP contribution in [0.1, 0.15) is 16.8 Å². The van der Waals surface area contributed by atoms with Gasteiger partial charge < -0.3 is 5.32 Å². The first kappa shape index (κ1) is 11.9. The molecule has 0 aliphatic carbocycles. The molecule has 0 aliphatic heterocycles. The molecule has 17 heavy (non-hydrogen) atoms. The first-order valence-electron chi connectivity index (χ1n) is 5.59. The van der Waals surface area contributed by atoms with Crippen LogP contribution in [0.15, 0.2) is 42.6 Å². The molecule has 2 nitrogen and oxygen atoms in total. The maximum Gasteiger partial charge on any atom is 0.0623 e. The molecule has 0 spiro atoms. The van der Waals surface area contributed by atoms with Crippen LogP contribution in [0.3, 0.4) is 0 Å². The minimum atomic E-state index is 0.540. The fourth-order valence-corrected chi connectivity index (χ4v) is 1.82. The fourth-order valence-electron chi connectivity index (χ4n) is 1.65. The van der Waals surface area contributed by atoms with Crippen LogP contribution in [-0.2, 0) is 12.4 Å². The maximum atomic E-state index is 5.80. The van der Waals surface area contributed by atoms with Crippen molar-refractivity contribution in [2.45, 2.75) is 19.3 Å². The normalized spacial score (nSPS) is 10.2. The van der Waals surface area contributed by atoms with Crippen molar-refractivity contribution in [3.63, 3.8) is 0 Å². The molecule has 1 aromatic heterocycles. The van der Waals surface area contributed by atoms with Crippen molar-refractivity contribution in [2.75, 3.05) is 5.32 Å².